The summed E-state index contributed by atoms with van der Waals surface area (Å²) < 4.78 is 0. The van der Waals surface area contributed by atoms with E-state index in [4.69, 9.17) is 5.11 Å². The first kappa shape index (κ1) is 19.4. The molecule has 4 nitrogen and oxygen atoms in total. The summed E-state index contributed by atoms with van der Waals surface area (Å²) in [6, 6.07) is 15.0. The van der Waals surface area contributed by atoms with Crippen molar-refractivity contribution in [2.24, 2.45) is 0 Å². The van der Waals surface area contributed by atoms with Crippen LogP contribution in [0.1, 0.15) is 23.6 Å². The first-order valence-corrected chi connectivity index (χ1v) is 10.0. The number of carbonyl (C=O) groups excluding carboxylic acids is 1. The van der Waals surface area contributed by atoms with Crippen LogP contribution < -0.4 is 5.32 Å². The predicted octanol–water partition coefficient (Wildman–Crippen LogP) is 4.14. The second-order valence-electron chi connectivity index (χ2n) is 5.59. The Morgan fingerprint density at radius 3 is 2.20 bits per heavy atom. The van der Waals surface area contributed by atoms with Gasteiger partial charge in [-0.3, -0.25) is 9.59 Å². The third-order valence-electron chi connectivity index (χ3n) is 3.62. The summed E-state index contributed by atoms with van der Waals surface area (Å²) in [5.74, 6) is -0.863. The number of benzene rings is 2. The smallest absolute Gasteiger partial charge is 0.305 e. The summed E-state index contributed by atoms with van der Waals surface area (Å²) in [7, 11) is 0. The average Bonchev–Trinajstić information content (AvgIpc) is 2.60. The lowest BCUT2D eigenvalue weighted by molar-refractivity contribution is -0.137. The highest BCUT2D eigenvalue weighted by Gasteiger charge is 2.18. The molecule has 0 aliphatic rings. The molecule has 1 amide bonds. The van der Waals surface area contributed by atoms with Gasteiger partial charge in [0, 0.05) is 9.79 Å². The summed E-state index contributed by atoms with van der Waals surface area (Å²) in [4.78, 5) is 25.5. The number of thioether (sulfide) groups is 2. The molecule has 2 aromatic carbocycles. The van der Waals surface area contributed by atoms with Gasteiger partial charge in [0.15, 0.2) is 0 Å². The van der Waals surface area contributed by atoms with Crippen LogP contribution >= 0.6 is 23.5 Å². The Hall–Kier alpha value is -1.92. The molecule has 0 spiro atoms. The molecule has 0 aromatic heterocycles. The van der Waals surface area contributed by atoms with Crippen molar-refractivity contribution in [2.45, 2.75) is 29.2 Å². The molecule has 2 N–H and O–H groups in total. The molecule has 6 heteroatoms. The van der Waals surface area contributed by atoms with Crippen LogP contribution in [0.2, 0.25) is 0 Å². The highest BCUT2D eigenvalue weighted by atomic mass is 32.2. The van der Waals surface area contributed by atoms with E-state index in [1.54, 1.807) is 11.8 Å². The molecule has 132 valence electrons. The lowest BCUT2D eigenvalue weighted by atomic mass is 10.0. The summed E-state index contributed by atoms with van der Waals surface area (Å²) in [6.45, 7) is 2.01. The molecule has 0 aliphatic heterocycles. The van der Waals surface area contributed by atoms with E-state index in [0.717, 1.165) is 15.4 Å². The van der Waals surface area contributed by atoms with E-state index in [2.05, 4.69) is 5.32 Å². The largest absolute Gasteiger partial charge is 0.481 e. The number of aryl methyl sites for hydroxylation is 1. The number of carbonyl (C=O) groups is 2. The molecule has 0 saturated heterocycles. The molecular formula is C19H21NO3S2. The van der Waals surface area contributed by atoms with Crippen molar-refractivity contribution in [3.8, 4) is 0 Å². The van der Waals surface area contributed by atoms with E-state index in [-0.39, 0.29) is 18.1 Å². The number of carboxylic acid groups (broad SMARTS) is 1. The zero-order chi connectivity index (χ0) is 18.2. The van der Waals surface area contributed by atoms with Gasteiger partial charge in [-0.15, -0.1) is 23.5 Å². The topological polar surface area (TPSA) is 66.4 Å². The molecule has 1 atom stereocenters. The summed E-state index contributed by atoms with van der Waals surface area (Å²) in [6.07, 6.45) is 1.84. The SMILES string of the molecule is CSc1ccc(C(CC(=O)O)NC(=O)CSc2ccc(C)cc2)cc1. The molecule has 2 aromatic rings. The molecule has 0 radical (unpaired) electrons. The fraction of sp³-hybridized carbons (Fsp3) is 0.263. The lowest BCUT2D eigenvalue weighted by Crippen LogP contribution is -2.31. The molecule has 0 saturated carbocycles. The first-order chi connectivity index (χ1) is 12.0. The van der Waals surface area contributed by atoms with Crippen LogP contribution in [0.4, 0.5) is 0 Å². The van der Waals surface area contributed by atoms with Crippen LogP contribution in [0.25, 0.3) is 0 Å². The van der Waals surface area contributed by atoms with Crippen molar-refractivity contribution in [3.05, 3.63) is 59.7 Å². The van der Waals surface area contributed by atoms with E-state index in [9.17, 15) is 9.59 Å². The molecule has 0 bridgehead atoms. The van der Waals surface area contributed by atoms with Gasteiger partial charge >= 0.3 is 5.97 Å². The molecule has 0 aliphatic carbocycles. The third-order valence-corrected chi connectivity index (χ3v) is 5.38. The van der Waals surface area contributed by atoms with Gasteiger partial charge in [0.2, 0.25) is 5.91 Å². The summed E-state index contributed by atoms with van der Waals surface area (Å²) in [5.41, 5.74) is 1.97. The Bertz CT molecular complexity index is 714. The van der Waals surface area contributed by atoms with Crippen molar-refractivity contribution in [1.29, 1.82) is 0 Å². The molecule has 1 unspecified atom stereocenters. The van der Waals surface area contributed by atoms with E-state index < -0.39 is 12.0 Å². The quantitative estimate of drug-likeness (QED) is 0.679. The van der Waals surface area contributed by atoms with Gasteiger partial charge in [-0.25, -0.2) is 0 Å². The van der Waals surface area contributed by atoms with Gasteiger partial charge < -0.3 is 10.4 Å². The van der Waals surface area contributed by atoms with E-state index in [1.165, 1.54) is 17.3 Å². The van der Waals surface area contributed by atoms with Crippen LogP contribution in [0, 0.1) is 6.92 Å². The van der Waals surface area contributed by atoms with Crippen LogP contribution in [0.3, 0.4) is 0 Å². The number of rotatable bonds is 8. The minimum atomic E-state index is -0.939. The van der Waals surface area contributed by atoms with E-state index >= 15 is 0 Å². The van der Waals surface area contributed by atoms with Gasteiger partial charge in [-0.2, -0.15) is 0 Å². The maximum absolute atomic E-state index is 12.2. The normalized spacial score (nSPS) is 11.8. The number of hydrogen-bond acceptors (Lipinski definition) is 4. The minimum Gasteiger partial charge on any atom is -0.481 e. The zero-order valence-corrected chi connectivity index (χ0v) is 15.8. The van der Waals surface area contributed by atoms with Crippen molar-refractivity contribution in [2.75, 3.05) is 12.0 Å². The number of aliphatic carboxylic acids is 1. The first-order valence-electron chi connectivity index (χ1n) is 7.82. The van der Waals surface area contributed by atoms with Crippen LogP contribution in [0.15, 0.2) is 58.3 Å². The Morgan fingerprint density at radius 2 is 1.64 bits per heavy atom. The molecule has 25 heavy (non-hydrogen) atoms. The summed E-state index contributed by atoms with van der Waals surface area (Å²) in [5, 5.41) is 12.0. The van der Waals surface area contributed by atoms with E-state index in [0.29, 0.717) is 0 Å². The van der Waals surface area contributed by atoms with Crippen LogP contribution in [-0.2, 0) is 9.59 Å². The molecular weight excluding hydrogens is 354 g/mol. The lowest BCUT2D eigenvalue weighted by Gasteiger charge is -2.18. The maximum Gasteiger partial charge on any atom is 0.305 e. The Kier molecular flexibility index (Phi) is 7.40. The third kappa shape index (κ3) is 6.48. The van der Waals surface area contributed by atoms with E-state index in [1.807, 2.05) is 61.7 Å². The Balaban J connectivity index is 1.98. The highest BCUT2D eigenvalue weighted by Crippen LogP contribution is 2.22. The second kappa shape index (κ2) is 9.53. The van der Waals surface area contributed by atoms with Gasteiger partial charge in [-0.05, 0) is 43.0 Å². The summed E-state index contributed by atoms with van der Waals surface area (Å²) >= 11 is 3.05. The average molecular weight is 376 g/mol. The standard InChI is InChI=1S/C19H21NO3S2/c1-13-3-7-16(8-4-13)25-12-18(21)20-17(11-19(22)23)14-5-9-15(24-2)10-6-14/h3-10,17H,11-12H2,1-2H3,(H,20,21)(H,22,23). The monoisotopic (exact) mass is 375 g/mol. The van der Waals surface area contributed by atoms with Gasteiger partial charge in [0.25, 0.3) is 0 Å². The minimum absolute atomic E-state index is 0.139. The van der Waals surface area contributed by atoms with Gasteiger partial charge in [0.05, 0.1) is 18.2 Å². The molecule has 2 rings (SSSR count). The van der Waals surface area contributed by atoms with Crippen molar-refractivity contribution < 1.29 is 14.7 Å². The second-order valence-corrected chi connectivity index (χ2v) is 7.52. The zero-order valence-electron chi connectivity index (χ0n) is 14.2. The number of carboxylic acids is 1. The van der Waals surface area contributed by atoms with Crippen molar-refractivity contribution in [1.82, 2.24) is 5.32 Å². The fourth-order valence-electron chi connectivity index (χ4n) is 2.28. The Labute approximate surface area is 156 Å². The molecule has 0 heterocycles. The fourth-order valence-corrected chi connectivity index (χ4v) is 3.40. The van der Waals surface area contributed by atoms with Crippen molar-refractivity contribution >= 4 is 35.4 Å². The van der Waals surface area contributed by atoms with Gasteiger partial charge in [0.1, 0.15) is 0 Å². The number of amides is 1. The highest BCUT2D eigenvalue weighted by molar-refractivity contribution is 8.00. The number of nitrogens with one attached hydrogen (secondary N) is 1. The number of hydrogen-bond donors (Lipinski definition) is 2. The molecule has 0 fully saturated rings. The van der Waals surface area contributed by atoms with Crippen LogP contribution in [0.5, 0.6) is 0 Å². The van der Waals surface area contributed by atoms with Crippen LogP contribution in [-0.4, -0.2) is 29.0 Å². The predicted molar refractivity (Wildman–Crippen MR) is 103 cm³/mol. The Morgan fingerprint density at radius 1 is 1.04 bits per heavy atom. The van der Waals surface area contributed by atoms with Gasteiger partial charge in [-0.1, -0.05) is 29.8 Å². The van der Waals surface area contributed by atoms with Crippen molar-refractivity contribution in [3.63, 3.8) is 0 Å². The maximum atomic E-state index is 12.2.